The summed E-state index contributed by atoms with van der Waals surface area (Å²) in [7, 11) is 0. The molecule has 0 aliphatic rings. The molecule has 2 rings (SSSR count). The highest BCUT2D eigenvalue weighted by Gasteiger charge is 2.11. The zero-order valence-electron chi connectivity index (χ0n) is 9.75. The number of H-pyrrole nitrogens is 1. The van der Waals surface area contributed by atoms with Crippen LogP contribution in [0.5, 0.6) is 0 Å². The number of pyridine rings is 1. The van der Waals surface area contributed by atoms with Crippen molar-refractivity contribution in [2.75, 3.05) is 11.9 Å². The van der Waals surface area contributed by atoms with E-state index in [4.69, 9.17) is 0 Å². The lowest BCUT2D eigenvalue weighted by Crippen LogP contribution is -2.08. The summed E-state index contributed by atoms with van der Waals surface area (Å²) >= 11 is 0. The maximum Gasteiger partial charge on any atom is 0.290 e. The Morgan fingerprint density at radius 1 is 1.50 bits per heavy atom. The van der Waals surface area contributed by atoms with Gasteiger partial charge in [-0.3, -0.25) is 15.2 Å². The number of aromatic amines is 1. The van der Waals surface area contributed by atoms with Crippen LogP contribution in [-0.2, 0) is 6.42 Å². The summed E-state index contributed by atoms with van der Waals surface area (Å²) < 4.78 is 0. The number of aromatic nitrogens is 4. The van der Waals surface area contributed by atoms with Crippen molar-refractivity contribution in [1.29, 1.82) is 0 Å². The van der Waals surface area contributed by atoms with Crippen LogP contribution in [0.4, 0.5) is 11.5 Å². The molecule has 2 aromatic heterocycles. The molecule has 0 aromatic carbocycles. The van der Waals surface area contributed by atoms with Gasteiger partial charge in [0.25, 0.3) is 5.69 Å². The molecule has 8 heteroatoms. The molecule has 18 heavy (non-hydrogen) atoms. The molecule has 0 saturated carbocycles. The average Bonchev–Trinajstić information content (AvgIpc) is 2.81. The lowest BCUT2D eigenvalue weighted by Gasteiger charge is -2.05. The van der Waals surface area contributed by atoms with E-state index in [2.05, 4.69) is 25.5 Å². The van der Waals surface area contributed by atoms with Crippen LogP contribution in [0.15, 0.2) is 18.6 Å². The number of aryl methyl sites for hydroxylation is 1. The largest absolute Gasteiger partial charge is 0.370 e. The molecule has 94 valence electrons. The highest BCUT2D eigenvalue weighted by molar-refractivity contribution is 5.46. The monoisotopic (exact) mass is 248 g/mol. The van der Waals surface area contributed by atoms with Crippen molar-refractivity contribution in [2.24, 2.45) is 0 Å². The second kappa shape index (κ2) is 5.21. The van der Waals surface area contributed by atoms with Crippen molar-refractivity contribution < 1.29 is 4.92 Å². The van der Waals surface area contributed by atoms with E-state index < -0.39 is 4.92 Å². The Morgan fingerprint density at radius 2 is 2.33 bits per heavy atom. The first kappa shape index (κ1) is 12.0. The molecule has 0 saturated heterocycles. The number of rotatable bonds is 5. The van der Waals surface area contributed by atoms with Gasteiger partial charge in [-0.2, -0.15) is 5.10 Å². The minimum atomic E-state index is -0.444. The Morgan fingerprint density at radius 3 is 2.94 bits per heavy atom. The van der Waals surface area contributed by atoms with Gasteiger partial charge in [-0.15, -0.1) is 0 Å². The summed E-state index contributed by atoms with van der Waals surface area (Å²) in [5.41, 5.74) is 0.605. The Hall–Kier alpha value is -2.51. The summed E-state index contributed by atoms with van der Waals surface area (Å²) in [6, 6.07) is 1.65. The number of nitrogens with one attached hydrogen (secondary N) is 2. The van der Waals surface area contributed by atoms with E-state index in [9.17, 15) is 10.1 Å². The zero-order valence-corrected chi connectivity index (χ0v) is 9.75. The molecule has 0 unspecified atom stereocenters. The second-order valence-corrected chi connectivity index (χ2v) is 3.72. The SMILES string of the molecule is Cc1cc(NCCc2ncn[nH]2)ncc1[N+](=O)[O-]. The number of hydrogen-bond acceptors (Lipinski definition) is 6. The van der Waals surface area contributed by atoms with Crippen LogP contribution < -0.4 is 5.32 Å². The van der Waals surface area contributed by atoms with Crippen molar-refractivity contribution in [3.8, 4) is 0 Å². The van der Waals surface area contributed by atoms with E-state index in [0.29, 0.717) is 24.3 Å². The highest BCUT2D eigenvalue weighted by atomic mass is 16.6. The van der Waals surface area contributed by atoms with Crippen molar-refractivity contribution >= 4 is 11.5 Å². The van der Waals surface area contributed by atoms with Crippen molar-refractivity contribution in [3.05, 3.63) is 40.1 Å². The van der Waals surface area contributed by atoms with Gasteiger partial charge in [0, 0.05) is 18.5 Å². The van der Waals surface area contributed by atoms with Crippen LogP contribution in [0.1, 0.15) is 11.4 Å². The summed E-state index contributed by atoms with van der Waals surface area (Å²) in [5.74, 6) is 1.39. The Labute approximate surface area is 103 Å². The van der Waals surface area contributed by atoms with Crippen LogP contribution in [0, 0.1) is 17.0 Å². The van der Waals surface area contributed by atoms with Crippen LogP contribution in [-0.4, -0.2) is 31.6 Å². The van der Waals surface area contributed by atoms with Gasteiger partial charge in [0.05, 0.1) is 4.92 Å². The topological polar surface area (TPSA) is 110 Å². The quantitative estimate of drug-likeness (QED) is 0.605. The van der Waals surface area contributed by atoms with E-state index in [1.807, 2.05) is 0 Å². The first-order chi connectivity index (χ1) is 8.66. The first-order valence-electron chi connectivity index (χ1n) is 5.36. The summed E-state index contributed by atoms with van der Waals surface area (Å²) in [4.78, 5) is 18.2. The fourth-order valence-electron chi connectivity index (χ4n) is 1.50. The van der Waals surface area contributed by atoms with Crippen LogP contribution in [0.3, 0.4) is 0 Å². The predicted molar refractivity (Wildman–Crippen MR) is 64.2 cm³/mol. The molecule has 0 atom stereocenters. The maximum atomic E-state index is 10.6. The van der Waals surface area contributed by atoms with Gasteiger partial charge in [-0.1, -0.05) is 0 Å². The van der Waals surface area contributed by atoms with E-state index in [-0.39, 0.29) is 5.69 Å². The lowest BCUT2D eigenvalue weighted by molar-refractivity contribution is -0.385. The first-order valence-corrected chi connectivity index (χ1v) is 5.36. The molecule has 0 aliphatic heterocycles. The molecule has 0 amide bonds. The van der Waals surface area contributed by atoms with E-state index in [0.717, 1.165) is 5.82 Å². The van der Waals surface area contributed by atoms with Gasteiger partial charge in [-0.25, -0.2) is 9.97 Å². The van der Waals surface area contributed by atoms with Gasteiger partial charge in [0.1, 0.15) is 24.2 Å². The third-order valence-electron chi connectivity index (χ3n) is 2.41. The van der Waals surface area contributed by atoms with Crippen molar-refractivity contribution in [1.82, 2.24) is 20.2 Å². The van der Waals surface area contributed by atoms with E-state index >= 15 is 0 Å². The maximum absolute atomic E-state index is 10.6. The predicted octanol–water partition coefficient (Wildman–Crippen LogP) is 1.07. The molecule has 2 aromatic rings. The third kappa shape index (κ3) is 2.78. The zero-order chi connectivity index (χ0) is 13.0. The fourth-order valence-corrected chi connectivity index (χ4v) is 1.50. The summed E-state index contributed by atoms with van der Waals surface area (Å²) in [5, 5.41) is 20.2. The normalized spacial score (nSPS) is 10.3. The molecule has 8 nitrogen and oxygen atoms in total. The smallest absolute Gasteiger partial charge is 0.290 e. The molecule has 0 fully saturated rings. The van der Waals surface area contributed by atoms with Gasteiger partial charge < -0.3 is 5.32 Å². The molecular weight excluding hydrogens is 236 g/mol. The Kier molecular flexibility index (Phi) is 3.46. The highest BCUT2D eigenvalue weighted by Crippen LogP contribution is 2.18. The van der Waals surface area contributed by atoms with Gasteiger partial charge in [-0.05, 0) is 13.0 Å². The molecule has 0 bridgehead atoms. The Bertz CT molecular complexity index is 539. The molecule has 2 N–H and O–H groups in total. The van der Waals surface area contributed by atoms with E-state index in [1.165, 1.54) is 12.5 Å². The molecule has 0 radical (unpaired) electrons. The van der Waals surface area contributed by atoms with Gasteiger partial charge in [0.2, 0.25) is 0 Å². The fraction of sp³-hybridized carbons (Fsp3) is 0.300. The van der Waals surface area contributed by atoms with E-state index in [1.54, 1.807) is 13.0 Å². The summed E-state index contributed by atoms with van der Waals surface area (Å²) in [6.45, 7) is 2.31. The van der Waals surface area contributed by atoms with Crippen molar-refractivity contribution in [2.45, 2.75) is 13.3 Å². The third-order valence-corrected chi connectivity index (χ3v) is 2.41. The minimum absolute atomic E-state index is 0.0239. The van der Waals surface area contributed by atoms with Gasteiger partial charge in [0.15, 0.2) is 0 Å². The Balaban J connectivity index is 1.94. The van der Waals surface area contributed by atoms with Gasteiger partial charge >= 0.3 is 0 Å². The molecule has 0 aliphatic carbocycles. The second-order valence-electron chi connectivity index (χ2n) is 3.72. The van der Waals surface area contributed by atoms with Crippen molar-refractivity contribution in [3.63, 3.8) is 0 Å². The lowest BCUT2D eigenvalue weighted by atomic mass is 10.2. The number of hydrogen-bond donors (Lipinski definition) is 2. The molecule has 0 spiro atoms. The number of anilines is 1. The molecule has 2 heterocycles. The standard InChI is InChI=1S/C10H12N6O2/c1-7-4-10(12-5-8(7)16(17)18)11-3-2-9-13-6-14-15-9/h4-6H,2-3H2,1H3,(H,11,12)(H,13,14,15). The number of nitrogens with zero attached hydrogens (tertiary/aromatic N) is 4. The van der Waals surface area contributed by atoms with Crippen LogP contribution >= 0.6 is 0 Å². The van der Waals surface area contributed by atoms with Crippen LogP contribution in [0.2, 0.25) is 0 Å². The average molecular weight is 248 g/mol. The van der Waals surface area contributed by atoms with Crippen LogP contribution in [0.25, 0.3) is 0 Å². The summed E-state index contributed by atoms with van der Waals surface area (Å²) in [6.07, 6.45) is 3.38. The number of nitro groups is 1. The minimum Gasteiger partial charge on any atom is -0.370 e. The molecular formula is C10H12N6O2.